The molecule has 2 aromatic carbocycles. The van der Waals surface area contributed by atoms with Crippen LogP contribution in [0.15, 0.2) is 77.0 Å². The smallest absolute Gasteiger partial charge is 0.272 e. The minimum Gasteiger partial charge on any atom is -0.369 e. The standard InChI is InChI=1S/C49H62N12O5S/c1-33-31-60(42-17-15-40(56-57-42)45(64)51-28-34-13-14-39-35(26-34)32-61(47(39)66)41-16-18-44(63)55-46(41)65)25-24-58(33)21-8-6-4-3-5-7-12-43(62)54-36-10-9-11-38(27-36)67-48-52-29-37(30-53-48)59-22-19-49(2,50)20-23-59/h9-11,13-15,17,26-27,29-30,33,41H,3-8,12,16,18-25,28,31-32,50H2,1-2H3,(H,51,64)(H,54,62)(H,55,63,65)/t33-,41?/m0/s1. The quantitative estimate of drug-likeness (QED) is 0.0567. The Morgan fingerprint density at radius 1 is 0.896 bits per heavy atom. The number of nitrogens with one attached hydrogen (secondary N) is 3. The highest BCUT2D eigenvalue weighted by atomic mass is 32.2. The Morgan fingerprint density at radius 2 is 1.67 bits per heavy atom. The molecule has 3 saturated heterocycles. The van der Waals surface area contributed by atoms with Crippen molar-refractivity contribution in [2.24, 2.45) is 5.73 Å². The molecule has 4 aliphatic heterocycles. The monoisotopic (exact) mass is 930 g/mol. The van der Waals surface area contributed by atoms with Crippen LogP contribution in [0.2, 0.25) is 0 Å². The van der Waals surface area contributed by atoms with Crippen molar-refractivity contribution in [3.8, 4) is 0 Å². The third-order valence-corrected chi connectivity index (χ3v) is 14.2. The van der Waals surface area contributed by atoms with E-state index in [9.17, 15) is 24.0 Å². The molecule has 354 valence electrons. The number of aromatic nitrogens is 4. The number of fused-ring (bicyclic) bond motifs is 1. The fourth-order valence-corrected chi connectivity index (χ4v) is 9.99. The number of hydrogen-bond acceptors (Lipinski definition) is 14. The maximum Gasteiger partial charge on any atom is 0.272 e. The number of carbonyl (C=O) groups excluding carboxylic acids is 5. The predicted molar refractivity (Wildman–Crippen MR) is 257 cm³/mol. The molecule has 5 amide bonds. The van der Waals surface area contributed by atoms with E-state index >= 15 is 0 Å². The summed E-state index contributed by atoms with van der Waals surface area (Å²) in [5.41, 5.74) is 10.3. The van der Waals surface area contributed by atoms with Crippen LogP contribution < -0.4 is 31.5 Å². The molecule has 0 radical (unpaired) electrons. The maximum atomic E-state index is 13.0. The molecule has 4 aromatic rings. The van der Waals surface area contributed by atoms with Crippen LogP contribution in [0.3, 0.4) is 0 Å². The number of anilines is 3. The van der Waals surface area contributed by atoms with Gasteiger partial charge >= 0.3 is 0 Å². The van der Waals surface area contributed by atoms with E-state index in [2.05, 4.69) is 64.7 Å². The van der Waals surface area contributed by atoms with Gasteiger partial charge in [-0.2, -0.15) is 0 Å². The van der Waals surface area contributed by atoms with Crippen molar-refractivity contribution in [3.63, 3.8) is 0 Å². The molecule has 2 aromatic heterocycles. The van der Waals surface area contributed by atoms with E-state index in [0.29, 0.717) is 29.6 Å². The van der Waals surface area contributed by atoms with Gasteiger partial charge in [0.1, 0.15) is 6.04 Å². The Morgan fingerprint density at radius 3 is 2.42 bits per heavy atom. The van der Waals surface area contributed by atoms with Crippen molar-refractivity contribution in [1.82, 2.24) is 40.6 Å². The summed E-state index contributed by atoms with van der Waals surface area (Å²) in [6.45, 7) is 10.3. The normalized spacial score (nSPS) is 19.6. The number of imide groups is 1. The third kappa shape index (κ3) is 12.5. The van der Waals surface area contributed by atoms with Crippen molar-refractivity contribution in [2.45, 2.75) is 125 Å². The molecule has 0 spiro atoms. The first-order chi connectivity index (χ1) is 32.4. The summed E-state index contributed by atoms with van der Waals surface area (Å²) < 4.78 is 0. The average molecular weight is 931 g/mol. The molecule has 6 heterocycles. The van der Waals surface area contributed by atoms with E-state index in [1.54, 1.807) is 18.2 Å². The molecule has 0 bridgehead atoms. The fraction of sp³-hybridized carbons (Fsp3) is 0.490. The lowest BCUT2D eigenvalue weighted by Crippen LogP contribution is -2.52. The molecule has 67 heavy (non-hydrogen) atoms. The van der Waals surface area contributed by atoms with Gasteiger partial charge in [0.05, 0.1) is 18.1 Å². The Labute approximate surface area is 396 Å². The summed E-state index contributed by atoms with van der Waals surface area (Å²) in [6.07, 6.45) is 13.1. The van der Waals surface area contributed by atoms with Crippen molar-refractivity contribution in [2.75, 3.05) is 54.4 Å². The highest BCUT2D eigenvalue weighted by molar-refractivity contribution is 7.99. The van der Waals surface area contributed by atoms with E-state index in [-0.39, 0.29) is 54.4 Å². The van der Waals surface area contributed by atoms with Gasteiger partial charge in [0.25, 0.3) is 11.8 Å². The van der Waals surface area contributed by atoms with Gasteiger partial charge in [0.2, 0.25) is 17.7 Å². The number of piperidine rings is 2. The van der Waals surface area contributed by atoms with Crippen LogP contribution in [0.4, 0.5) is 17.2 Å². The molecule has 0 aliphatic carbocycles. The number of nitrogens with two attached hydrogens (primary N) is 1. The fourth-order valence-electron chi connectivity index (χ4n) is 9.24. The van der Waals surface area contributed by atoms with Crippen molar-refractivity contribution in [1.29, 1.82) is 0 Å². The van der Waals surface area contributed by atoms with Crippen molar-refractivity contribution in [3.05, 3.63) is 89.4 Å². The summed E-state index contributed by atoms with van der Waals surface area (Å²) >= 11 is 1.48. The number of benzene rings is 2. The third-order valence-electron chi connectivity index (χ3n) is 13.3. The second-order valence-corrected chi connectivity index (χ2v) is 19.6. The second-order valence-electron chi connectivity index (χ2n) is 18.6. The van der Waals surface area contributed by atoms with E-state index < -0.39 is 11.9 Å². The molecule has 18 heteroatoms. The molecule has 17 nitrogen and oxygen atoms in total. The Balaban J connectivity index is 0.673. The van der Waals surface area contributed by atoms with Gasteiger partial charge in [0, 0.05) is 86.4 Å². The summed E-state index contributed by atoms with van der Waals surface area (Å²) in [5, 5.41) is 17.6. The molecular weight excluding hydrogens is 869 g/mol. The number of carbonyl (C=O) groups is 5. The minimum absolute atomic E-state index is 0.0332. The Hall–Kier alpha value is -5.98. The van der Waals surface area contributed by atoms with Crippen LogP contribution in [-0.4, -0.2) is 116 Å². The van der Waals surface area contributed by atoms with Crippen LogP contribution in [-0.2, 0) is 27.5 Å². The van der Waals surface area contributed by atoms with Gasteiger partial charge in [-0.15, -0.1) is 10.2 Å². The molecule has 5 N–H and O–H groups in total. The Bertz CT molecular complexity index is 2410. The summed E-state index contributed by atoms with van der Waals surface area (Å²) in [7, 11) is 0. The van der Waals surface area contributed by atoms with Gasteiger partial charge in [-0.25, -0.2) is 9.97 Å². The number of unbranched alkanes of at least 4 members (excludes halogenated alkanes) is 5. The molecule has 3 fully saturated rings. The van der Waals surface area contributed by atoms with Crippen LogP contribution in [0.25, 0.3) is 0 Å². The second kappa shape index (κ2) is 21.8. The van der Waals surface area contributed by atoms with Crippen molar-refractivity contribution < 1.29 is 24.0 Å². The molecule has 4 aliphatic rings. The number of rotatable bonds is 18. The highest BCUT2D eigenvalue weighted by Crippen LogP contribution is 2.30. The average Bonchev–Trinajstić information content (AvgIpc) is 3.64. The van der Waals surface area contributed by atoms with Crippen LogP contribution in [0, 0.1) is 0 Å². The summed E-state index contributed by atoms with van der Waals surface area (Å²) in [6, 6.07) is 16.4. The number of amides is 5. The predicted octanol–water partition coefficient (Wildman–Crippen LogP) is 5.31. The van der Waals surface area contributed by atoms with Gasteiger partial charge in [-0.05, 0) is 112 Å². The van der Waals surface area contributed by atoms with Crippen LogP contribution in [0.5, 0.6) is 0 Å². The lowest BCUT2D eigenvalue weighted by Gasteiger charge is -2.40. The first-order valence-electron chi connectivity index (χ1n) is 23.7. The van der Waals surface area contributed by atoms with Crippen LogP contribution >= 0.6 is 11.8 Å². The lowest BCUT2D eigenvalue weighted by molar-refractivity contribution is -0.137. The van der Waals surface area contributed by atoms with Crippen LogP contribution in [0.1, 0.15) is 116 Å². The van der Waals surface area contributed by atoms with E-state index in [1.807, 2.05) is 48.8 Å². The number of hydrogen-bond donors (Lipinski definition) is 4. The molecule has 2 atom stereocenters. The van der Waals surface area contributed by atoms with Gasteiger partial charge in [-0.1, -0.05) is 43.9 Å². The minimum atomic E-state index is -0.674. The maximum absolute atomic E-state index is 13.0. The zero-order chi connectivity index (χ0) is 46.9. The molecular formula is C49H62N12O5S. The van der Waals surface area contributed by atoms with E-state index in [4.69, 9.17) is 5.73 Å². The van der Waals surface area contributed by atoms with E-state index in [1.165, 1.54) is 16.7 Å². The van der Waals surface area contributed by atoms with E-state index in [0.717, 1.165) is 124 Å². The SMILES string of the molecule is C[C@H]1CN(c2ccc(C(=O)NCc3ccc4c(c3)CN(C3CCC(=O)NC3=O)C4=O)nn2)CCN1CCCCCCCCC(=O)Nc1cccc(Sc2ncc(N3CCC(C)(N)CC3)cn2)c1. The number of piperazine rings is 1. The van der Waals surface area contributed by atoms with Gasteiger partial charge in [-0.3, -0.25) is 34.2 Å². The number of nitrogens with zero attached hydrogens (tertiary/aromatic N) is 8. The van der Waals surface area contributed by atoms with Gasteiger partial charge < -0.3 is 31.1 Å². The highest BCUT2D eigenvalue weighted by Gasteiger charge is 2.39. The first-order valence-corrected chi connectivity index (χ1v) is 24.5. The topological polar surface area (TPSA) is 212 Å². The molecule has 8 rings (SSSR count). The largest absolute Gasteiger partial charge is 0.369 e. The molecule has 0 saturated carbocycles. The Kier molecular flexibility index (Phi) is 15.4. The summed E-state index contributed by atoms with van der Waals surface area (Å²) in [5.74, 6) is -0.570. The molecule has 1 unspecified atom stereocenters. The first kappa shape index (κ1) is 47.5. The zero-order valence-corrected chi connectivity index (χ0v) is 39.4. The lowest BCUT2D eigenvalue weighted by atomic mass is 9.91. The zero-order valence-electron chi connectivity index (χ0n) is 38.5. The van der Waals surface area contributed by atoms with Crippen molar-refractivity contribution >= 4 is 58.5 Å². The summed E-state index contributed by atoms with van der Waals surface area (Å²) in [4.78, 5) is 81.4. The van der Waals surface area contributed by atoms with Gasteiger partial charge in [0.15, 0.2) is 16.7 Å².